The molecule has 1 aliphatic heterocycles. The van der Waals surface area contributed by atoms with Crippen LogP contribution in [0.15, 0.2) is 33.2 Å². The summed E-state index contributed by atoms with van der Waals surface area (Å²) in [6, 6.07) is 6.39. The Balaban J connectivity index is 1.95. The van der Waals surface area contributed by atoms with Gasteiger partial charge in [-0.1, -0.05) is 12.1 Å². The number of carboxylic acids is 1. The molecule has 1 aliphatic rings. The molecule has 0 saturated carbocycles. The van der Waals surface area contributed by atoms with Gasteiger partial charge < -0.3 is 14.4 Å². The van der Waals surface area contributed by atoms with Crippen LogP contribution in [0.5, 0.6) is 0 Å². The van der Waals surface area contributed by atoms with Crippen molar-refractivity contribution in [1.82, 2.24) is 4.90 Å². The van der Waals surface area contributed by atoms with E-state index >= 15 is 0 Å². The molecule has 1 N–H and O–H groups in total. The zero-order valence-electron chi connectivity index (χ0n) is 10.9. The third-order valence-electron chi connectivity index (χ3n) is 3.38. The monoisotopic (exact) mass is 369 g/mol. The van der Waals surface area contributed by atoms with Crippen molar-refractivity contribution in [2.75, 3.05) is 18.1 Å². The number of thioether (sulfide) groups is 1. The first-order valence-corrected chi connectivity index (χ1v) is 8.32. The highest BCUT2D eigenvalue weighted by Gasteiger charge is 2.34. The van der Waals surface area contributed by atoms with Crippen molar-refractivity contribution in [3.63, 3.8) is 0 Å². The minimum atomic E-state index is -0.979. The van der Waals surface area contributed by atoms with Gasteiger partial charge in [-0.05, 0) is 28.1 Å². The van der Waals surface area contributed by atoms with Crippen LogP contribution in [-0.2, 0) is 4.79 Å². The summed E-state index contributed by atoms with van der Waals surface area (Å²) in [5, 5.41) is 10.1. The molecule has 1 amide bonds. The number of benzene rings is 1. The minimum absolute atomic E-state index is 0.176. The second-order valence-corrected chi connectivity index (χ2v) is 6.70. The number of carboxylic acid groups (broad SMARTS) is 1. The van der Waals surface area contributed by atoms with Crippen LogP contribution < -0.4 is 0 Å². The van der Waals surface area contributed by atoms with Crippen molar-refractivity contribution in [2.45, 2.75) is 6.04 Å². The van der Waals surface area contributed by atoms with Crippen LogP contribution in [-0.4, -0.2) is 46.0 Å². The molecule has 1 fully saturated rings. The standard InChI is InChI=1S/C14H12BrNO4S/c15-9-3-1-2-8-6-11(20-12(8)9)13(17)16-4-5-21-7-10(16)14(18)19/h1-3,6,10H,4-5,7H2,(H,18,19). The third-order valence-corrected chi connectivity index (χ3v) is 5.03. The molecule has 0 radical (unpaired) electrons. The lowest BCUT2D eigenvalue weighted by atomic mass is 10.2. The van der Waals surface area contributed by atoms with Crippen LogP contribution in [0.1, 0.15) is 10.6 Å². The molecule has 0 aliphatic carbocycles. The van der Waals surface area contributed by atoms with E-state index in [0.717, 1.165) is 15.6 Å². The normalized spacial score (nSPS) is 18.9. The second-order valence-electron chi connectivity index (χ2n) is 4.70. The smallest absolute Gasteiger partial charge is 0.327 e. The summed E-state index contributed by atoms with van der Waals surface area (Å²) in [7, 11) is 0. The fraction of sp³-hybridized carbons (Fsp3) is 0.286. The van der Waals surface area contributed by atoms with Crippen LogP contribution in [0.25, 0.3) is 11.0 Å². The van der Waals surface area contributed by atoms with Crippen LogP contribution in [0.4, 0.5) is 0 Å². The summed E-state index contributed by atoms with van der Waals surface area (Å²) >= 11 is 4.92. The van der Waals surface area contributed by atoms with Crippen LogP contribution in [0.2, 0.25) is 0 Å². The number of halogens is 1. The number of carbonyl (C=O) groups is 2. The Hall–Kier alpha value is -1.47. The Morgan fingerprint density at radius 2 is 2.24 bits per heavy atom. The molecule has 2 heterocycles. The highest BCUT2D eigenvalue weighted by atomic mass is 79.9. The average molecular weight is 370 g/mol. The quantitative estimate of drug-likeness (QED) is 0.880. The second kappa shape index (κ2) is 5.73. The van der Waals surface area contributed by atoms with Crippen LogP contribution >= 0.6 is 27.7 Å². The number of hydrogen-bond acceptors (Lipinski definition) is 4. The van der Waals surface area contributed by atoms with Gasteiger partial charge in [-0.2, -0.15) is 11.8 Å². The largest absolute Gasteiger partial charge is 0.480 e. The molecule has 1 atom stereocenters. The van der Waals surface area contributed by atoms with E-state index in [1.165, 1.54) is 4.90 Å². The van der Waals surface area contributed by atoms with Gasteiger partial charge in [-0.15, -0.1) is 0 Å². The van der Waals surface area contributed by atoms with Crippen molar-refractivity contribution in [3.8, 4) is 0 Å². The van der Waals surface area contributed by atoms with E-state index in [-0.39, 0.29) is 11.7 Å². The van der Waals surface area contributed by atoms with Crippen molar-refractivity contribution in [2.24, 2.45) is 0 Å². The Bertz CT molecular complexity index is 714. The fourth-order valence-electron chi connectivity index (χ4n) is 2.33. The van der Waals surface area contributed by atoms with Crippen LogP contribution in [0.3, 0.4) is 0 Å². The minimum Gasteiger partial charge on any atom is -0.480 e. The van der Waals surface area contributed by atoms with Gasteiger partial charge in [0.05, 0.1) is 4.47 Å². The van der Waals surface area contributed by atoms with E-state index in [0.29, 0.717) is 17.9 Å². The van der Waals surface area contributed by atoms with Gasteiger partial charge in [0.15, 0.2) is 5.76 Å². The summed E-state index contributed by atoms with van der Waals surface area (Å²) < 4.78 is 6.37. The third kappa shape index (κ3) is 2.67. The molecular weight excluding hydrogens is 358 g/mol. The van der Waals surface area contributed by atoms with E-state index in [4.69, 9.17) is 4.42 Å². The molecule has 1 aromatic heterocycles. The van der Waals surface area contributed by atoms with Crippen molar-refractivity contribution >= 4 is 50.5 Å². The number of furan rings is 1. The van der Waals surface area contributed by atoms with E-state index in [1.54, 1.807) is 17.8 Å². The summed E-state index contributed by atoms with van der Waals surface area (Å²) in [5.41, 5.74) is 0.596. The number of para-hydroxylation sites is 1. The van der Waals surface area contributed by atoms with Gasteiger partial charge in [0, 0.05) is 23.4 Å². The van der Waals surface area contributed by atoms with E-state index in [9.17, 15) is 14.7 Å². The Labute approximate surface area is 133 Å². The molecule has 3 rings (SSSR count). The molecule has 0 bridgehead atoms. The number of fused-ring (bicyclic) bond motifs is 1. The number of aliphatic carboxylic acids is 1. The van der Waals surface area contributed by atoms with Gasteiger partial charge >= 0.3 is 5.97 Å². The maximum absolute atomic E-state index is 12.5. The molecule has 1 saturated heterocycles. The van der Waals surface area contributed by atoms with Gasteiger partial charge in [0.1, 0.15) is 11.6 Å². The first kappa shape index (κ1) is 14.5. The average Bonchev–Trinajstić information content (AvgIpc) is 2.92. The van der Waals surface area contributed by atoms with Crippen molar-refractivity contribution in [1.29, 1.82) is 0 Å². The maximum atomic E-state index is 12.5. The summed E-state index contributed by atoms with van der Waals surface area (Å²) in [4.78, 5) is 25.2. The molecule has 110 valence electrons. The number of nitrogens with zero attached hydrogens (tertiary/aromatic N) is 1. The van der Waals surface area contributed by atoms with Gasteiger partial charge in [-0.25, -0.2) is 4.79 Å². The number of amides is 1. The Morgan fingerprint density at radius 1 is 1.43 bits per heavy atom. The molecule has 0 spiro atoms. The van der Waals surface area contributed by atoms with Gasteiger partial charge in [-0.3, -0.25) is 4.79 Å². The van der Waals surface area contributed by atoms with Gasteiger partial charge in [0.2, 0.25) is 0 Å². The summed E-state index contributed by atoms with van der Waals surface area (Å²) in [6.45, 7) is 0.415. The summed E-state index contributed by atoms with van der Waals surface area (Å²) in [5.74, 6) is -0.0292. The topological polar surface area (TPSA) is 70.8 Å². The first-order chi connectivity index (χ1) is 10.1. The van der Waals surface area contributed by atoms with Crippen molar-refractivity contribution < 1.29 is 19.1 Å². The molecule has 5 nitrogen and oxygen atoms in total. The van der Waals surface area contributed by atoms with Crippen molar-refractivity contribution in [3.05, 3.63) is 34.5 Å². The fourth-order valence-corrected chi connectivity index (χ4v) is 3.83. The molecular formula is C14H12BrNO4S. The van der Waals surface area contributed by atoms with Gasteiger partial charge in [0.25, 0.3) is 5.91 Å². The predicted molar refractivity (Wildman–Crippen MR) is 83.7 cm³/mol. The summed E-state index contributed by atoms with van der Waals surface area (Å²) in [6.07, 6.45) is 0. The zero-order valence-corrected chi connectivity index (χ0v) is 13.3. The number of rotatable bonds is 2. The zero-order chi connectivity index (χ0) is 15.0. The van der Waals surface area contributed by atoms with E-state index < -0.39 is 12.0 Å². The highest BCUT2D eigenvalue weighted by molar-refractivity contribution is 9.10. The molecule has 21 heavy (non-hydrogen) atoms. The number of hydrogen-bond donors (Lipinski definition) is 1. The van der Waals surface area contributed by atoms with E-state index in [1.807, 2.05) is 18.2 Å². The van der Waals surface area contributed by atoms with E-state index in [2.05, 4.69) is 15.9 Å². The predicted octanol–water partition coefficient (Wildman–Crippen LogP) is 2.84. The Kier molecular flexibility index (Phi) is 3.95. The van der Waals surface area contributed by atoms with Crippen LogP contribution in [0, 0.1) is 0 Å². The lowest BCUT2D eigenvalue weighted by Crippen LogP contribution is -2.50. The molecule has 1 aromatic carbocycles. The number of carbonyl (C=O) groups excluding carboxylic acids is 1. The molecule has 2 aromatic rings. The molecule has 7 heteroatoms. The lowest BCUT2D eigenvalue weighted by molar-refractivity contribution is -0.141. The molecule has 1 unspecified atom stereocenters. The first-order valence-electron chi connectivity index (χ1n) is 6.37. The maximum Gasteiger partial charge on any atom is 0.327 e. The lowest BCUT2D eigenvalue weighted by Gasteiger charge is -2.31. The SMILES string of the molecule is O=C(O)C1CSCCN1C(=O)c1cc2cccc(Br)c2o1. The Morgan fingerprint density at radius 3 is 2.95 bits per heavy atom. The highest BCUT2D eigenvalue weighted by Crippen LogP contribution is 2.28.